The maximum Gasteiger partial charge on any atom is 0.336 e. The third-order valence-corrected chi connectivity index (χ3v) is 6.55. The van der Waals surface area contributed by atoms with E-state index >= 15 is 0 Å². The lowest BCUT2D eigenvalue weighted by Crippen LogP contribution is -2.39. The van der Waals surface area contributed by atoms with Crippen molar-refractivity contribution in [3.8, 4) is 5.75 Å². The molecule has 10 heteroatoms. The summed E-state index contributed by atoms with van der Waals surface area (Å²) in [5.74, 6) is -1.44. The topological polar surface area (TPSA) is 80.5 Å². The van der Waals surface area contributed by atoms with E-state index in [9.17, 15) is 18.7 Å². The number of carbonyl (C=O) groups excluding carboxylic acids is 1. The molecule has 1 saturated heterocycles. The number of aliphatic hydroxyl groups is 1. The van der Waals surface area contributed by atoms with Gasteiger partial charge in [0.25, 0.3) is 0 Å². The Balaban J connectivity index is 1.35. The second kappa shape index (κ2) is 11.2. The van der Waals surface area contributed by atoms with Crippen molar-refractivity contribution in [3.63, 3.8) is 0 Å². The smallest absolute Gasteiger partial charge is 0.336 e. The van der Waals surface area contributed by atoms with Crippen molar-refractivity contribution in [2.45, 2.75) is 31.4 Å². The Bertz CT molecular complexity index is 1180. The van der Waals surface area contributed by atoms with Crippen molar-refractivity contribution < 1.29 is 23.4 Å². The molecule has 184 valence electrons. The van der Waals surface area contributed by atoms with Crippen LogP contribution in [0.4, 0.5) is 8.78 Å². The molecule has 1 unspecified atom stereocenters. The monoisotopic (exact) mass is 546 g/mol. The summed E-state index contributed by atoms with van der Waals surface area (Å²) >= 11 is 3.34. The van der Waals surface area contributed by atoms with Gasteiger partial charge in [-0.15, -0.1) is 0 Å². The number of hydrogen-bond donors (Lipinski definition) is 1. The Kier molecular flexibility index (Phi) is 8.04. The summed E-state index contributed by atoms with van der Waals surface area (Å²) in [7, 11) is 0. The molecule has 3 aromatic rings. The minimum Gasteiger partial charge on any atom is -0.423 e. The van der Waals surface area contributed by atoms with Crippen LogP contribution in [0.5, 0.6) is 5.75 Å². The SMILES string of the molecule is O=C(C=C1CCN(CCC(O)(Cn2cncn2)c2ccc(F)cc2F)CC1)Oc1ccc(Br)cc1. The highest BCUT2D eigenvalue weighted by Crippen LogP contribution is 2.31. The Labute approximate surface area is 210 Å². The van der Waals surface area contributed by atoms with Crippen molar-refractivity contribution in [2.75, 3.05) is 19.6 Å². The molecule has 1 N–H and O–H groups in total. The van der Waals surface area contributed by atoms with Gasteiger partial charge in [0, 0.05) is 41.8 Å². The van der Waals surface area contributed by atoms with E-state index in [4.69, 9.17) is 4.74 Å². The van der Waals surface area contributed by atoms with Gasteiger partial charge in [0.2, 0.25) is 0 Å². The second-order valence-electron chi connectivity index (χ2n) is 8.52. The summed E-state index contributed by atoms with van der Waals surface area (Å²) in [5.41, 5.74) is -0.593. The number of aromatic nitrogens is 3. The molecule has 2 heterocycles. The van der Waals surface area contributed by atoms with Crippen LogP contribution in [-0.4, -0.2) is 50.4 Å². The molecule has 1 fully saturated rings. The predicted octanol–water partition coefficient (Wildman–Crippen LogP) is 4.22. The van der Waals surface area contributed by atoms with E-state index in [1.807, 2.05) is 0 Å². The number of halogens is 3. The van der Waals surface area contributed by atoms with E-state index in [2.05, 4.69) is 30.9 Å². The fourth-order valence-electron chi connectivity index (χ4n) is 4.11. The molecule has 0 saturated carbocycles. The summed E-state index contributed by atoms with van der Waals surface area (Å²) < 4.78 is 35.7. The van der Waals surface area contributed by atoms with E-state index in [1.54, 1.807) is 24.3 Å². The van der Waals surface area contributed by atoms with E-state index < -0.39 is 23.2 Å². The maximum atomic E-state index is 14.6. The molecule has 0 spiro atoms. The van der Waals surface area contributed by atoms with Crippen molar-refractivity contribution >= 4 is 21.9 Å². The van der Waals surface area contributed by atoms with Crippen LogP contribution in [0.15, 0.2) is 71.2 Å². The molecule has 0 radical (unpaired) electrons. The molecule has 7 nitrogen and oxygen atoms in total. The van der Waals surface area contributed by atoms with Crippen LogP contribution >= 0.6 is 15.9 Å². The molecule has 1 atom stereocenters. The molecular formula is C25H25BrF2N4O3. The van der Waals surface area contributed by atoms with Gasteiger partial charge in [-0.1, -0.05) is 27.6 Å². The summed E-state index contributed by atoms with van der Waals surface area (Å²) in [6, 6.07) is 10.2. The van der Waals surface area contributed by atoms with Crippen LogP contribution in [0.1, 0.15) is 24.8 Å². The maximum absolute atomic E-state index is 14.6. The van der Waals surface area contributed by atoms with Crippen LogP contribution in [0.2, 0.25) is 0 Å². The first-order chi connectivity index (χ1) is 16.8. The zero-order valence-electron chi connectivity index (χ0n) is 18.9. The third kappa shape index (κ3) is 6.81. The van der Waals surface area contributed by atoms with Crippen molar-refractivity contribution in [1.82, 2.24) is 19.7 Å². The molecule has 0 aliphatic carbocycles. The molecular weight excluding hydrogens is 522 g/mol. The highest BCUT2D eigenvalue weighted by atomic mass is 79.9. The first-order valence-electron chi connectivity index (χ1n) is 11.2. The Morgan fingerprint density at radius 2 is 1.91 bits per heavy atom. The average Bonchev–Trinajstić information content (AvgIpc) is 3.33. The summed E-state index contributed by atoms with van der Waals surface area (Å²) in [6.07, 6.45) is 5.89. The number of carbonyl (C=O) groups is 1. The normalized spacial score (nSPS) is 16.1. The van der Waals surface area contributed by atoms with Crippen LogP contribution in [-0.2, 0) is 16.9 Å². The van der Waals surface area contributed by atoms with E-state index in [-0.39, 0.29) is 18.5 Å². The van der Waals surface area contributed by atoms with Crippen molar-refractivity contribution in [1.29, 1.82) is 0 Å². The molecule has 4 rings (SSSR count). The second-order valence-corrected chi connectivity index (χ2v) is 9.43. The van der Waals surface area contributed by atoms with Crippen LogP contribution in [0.25, 0.3) is 0 Å². The van der Waals surface area contributed by atoms with E-state index in [1.165, 1.54) is 29.5 Å². The van der Waals surface area contributed by atoms with Gasteiger partial charge in [0.05, 0.1) is 6.54 Å². The molecule has 2 aromatic carbocycles. The Morgan fingerprint density at radius 3 is 2.57 bits per heavy atom. The number of benzene rings is 2. The minimum atomic E-state index is -1.60. The highest BCUT2D eigenvalue weighted by Gasteiger charge is 2.34. The molecule has 35 heavy (non-hydrogen) atoms. The van der Waals surface area contributed by atoms with Gasteiger partial charge in [-0.25, -0.2) is 23.2 Å². The van der Waals surface area contributed by atoms with Gasteiger partial charge in [0.1, 0.15) is 35.6 Å². The summed E-state index contributed by atoms with van der Waals surface area (Å²) in [5, 5.41) is 15.5. The fraction of sp³-hybridized carbons (Fsp3) is 0.320. The van der Waals surface area contributed by atoms with Gasteiger partial charge >= 0.3 is 5.97 Å². The number of esters is 1. The molecule has 1 aromatic heterocycles. The molecule has 0 amide bonds. The fourth-order valence-corrected chi connectivity index (χ4v) is 4.38. The molecule has 1 aliphatic rings. The number of rotatable bonds is 8. The van der Waals surface area contributed by atoms with E-state index in [0.29, 0.717) is 38.2 Å². The van der Waals surface area contributed by atoms with Crippen LogP contribution in [0, 0.1) is 11.6 Å². The number of ether oxygens (including phenoxy) is 1. The number of piperidine rings is 1. The van der Waals surface area contributed by atoms with Gasteiger partial charge in [-0.05, 0) is 49.6 Å². The first kappa shape index (κ1) is 25.2. The lowest BCUT2D eigenvalue weighted by molar-refractivity contribution is -0.129. The first-order valence-corrected chi connectivity index (χ1v) is 12.0. The number of likely N-dealkylation sites (tertiary alicyclic amines) is 1. The van der Waals surface area contributed by atoms with Gasteiger partial charge in [0.15, 0.2) is 0 Å². The van der Waals surface area contributed by atoms with Crippen molar-refractivity contribution in [3.05, 3.63) is 88.4 Å². The zero-order valence-corrected chi connectivity index (χ0v) is 20.5. The quantitative estimate of drug-likeness (QED) is 0.259. The third-order valence-electron chi connectivity index (χ3n) is 6.02. The predicted molar refractivity (Wildman–Crippen MR) is 128 cm³/mol. The average molecular weight is 547 g/mol. The zero-order chi connectivity index (χ0) is 24.8. The van der Waals surface area contributed by atoms with E-state index in [0.717, 1.165) is 22.2 Å². The van der Waals surface area contributed by atoms with Gasteiger partial charge in [-0.3, -0.25) is 0 Å². The van der Waals surface area contributed by atoms with Crippen LogP contribution in [0.3, 0.4) is 0 Å². The highest BCUT2D eigenvalue weighted by molar-refractivity contribution is 9.10. The lowest BCUT2D eigenvalue weighted by Gasteiger charge is -2.34. The van der Waals surface area contributed by atoms with Crippen molar-refractivity contribution in [2.24, 2.45) is 0 Å². The molecule has 1 aliphatic heterocycles. The minimum absolute atomic E-state index is 0.0164. The standard InChI is InChI=1S/C25H25BrF2N4O3/c26-19-1-4-21(5-2-19)35-24(33)13-18-7-10-31(11-8-18)12-9-25(34,15-32-17-29-16-30-32)22-6-3-20(27)14-23(22)28/h1-6,13-14,16-17,34H,7-12,15H2. The molecule has 0 bridgehead atoms. The Hall–Kier alpha value is -2.95. The Morgan fingerprint density at radius 1 is 1.17 bits per heavy atom. The lowest BCUT2D eigenvalue weighted by atomic mass is 9.89. The van der Waals surface area contributed by atoms with Crippen LogP contribution < -0.4 is 4.74 Å². The number of hydrogen-bond acceptors (Lipinski definition) is 6. The summed E-state index contributed by atoms with van der Waals surface area (Å²) in [4.78, 5) is 18.3. The summed E-state index contributed by atoms with van der Waals surface area (Å²) in [6.45, 7) is 1.83. The number of nitrogens with zero attached hydrogens (tertiary/aromatic N) is 4. The van der Waals surface area contributed by atoms with Gasteiger partial charge in [-0.2, -0.15) is 5.10 Å². The largest absolute Gasteiger partial charge is 0.423 e. The van der Waals surface area contributed by atoms with Gasteiger partial charge < -0.3 is 14.7 Å².